The van der Waals surface area contributed by atoms with E-state index in [4.69, 9.17) is 4.74 Å². The van der Waals surface area contributed by atoms with Crippen LogP contribution in [-0.4, -0.2) is 66.0 Å². The van der Waals surface area contributed by atoms with E-state index in [1.807, 2.05) is 38.4 Å². The van der Waals surface area contributed by atoms with Gasteiger partial charge in [0.1, 0.15) is 29.9 Å². The smallest absolute Gasteiger partial charge is 0.262 e. The number of amides is 1. The summed E-state index contributed by atoms with van der Waals surface area (Å²) >= 11 is 1.44. The van der Waals surface area contributed by atoms with E-state index in [0.717, 1.165) is 26.9 Å². The van der Waals surface area contributed by atoms with Gasteiger partial charge in [-0.25, -0.2) is 0 Å². The van der Waals surface area contributed by atoms with Gasteiger partial charge >= 0.3 is 0 Å². The molecule has 1 aliphatic rings. The van der Waals surface area contributed by atoms with Gasteiger partial charge in [-0.05, 0) is 59.2 Å². The van der Waals surface area contributed by atoms with Crippen molar-refractivity contribution in [3.05, 3.63) is 59.0 Å². The molecular formula is C27H29N3O5S. The first kappa shape index (κ1) is 25.8. The van der Waals surface area contributed by atoms with E-state index in [0.29, 0.717) is 11.3 Å². The number of carbonyl (C=O) groups is 1. The van der Waals surface area contributed by atoms with Crippen molar-refractivity contribution in [1.29, 1.82) is 5.26 Å². The van der Waals surface area contributed by atoms with E-state index in [1.165, 1.54) is 17.4 Å². The minimum absolute atomic E-state index is 0.190. The van der Waals surface area contributed by atoms with Crippen molar-refractivity contribution in [2.75, 3.05) is 19.0 Å². The Morgan fingerprint density at radius 2 is 1.83 bits per heavy atom. The van der Waals surface area contributed by atoms with Gasteiger partial charge in [-0.15, -0.1) is 11.3 Å². The second-order valence-electron chi connectivity index (χ2n) is 8.97. The van der Waals surface area contributed by atoms with Crippen molar-refractivity contribution in [1.82, 2.24) is 5.32 Å². The Bertz CT molecular complexity index is 1330. The highest BCUT2D eigenvalue weighted by Crippen LogP contribution is 2.32. The summed E-state index contributed by atoms with van der Waals surface area (Å²) in [6.45, 7) is 1.75. The molecule has 1 unspecified atom stereocenters. The average molecular weight is 508 g/mol. The number of benzene rings is 2. The van der Waals surface area contributed by atoms with Crippen LogP contribution in [0.3, 0.4) is 0 Å². The fourth-order valence-electron chi connectivity index (χ4n) is 4.21. The summed E-state index contributed by atoms with van der Waals surface area (Å²) in [5.74, 6) is -0.774. The van der Waals surface area contributed by atoms with Crippen molar-refractivity contribution < 1.29 is 24.9 Å². The second kappa shape index (κ2) is 10.8. The third kappa shape index (κ3) is 5.28. The van der Waals surface area contributed by atoms with Crippen LogP contribution in [-0.2, 0) is 9.53 Å². The van der Waals surface area contributed by atoms with E-state index in [-0.39, 0.29) is 5.57 Å². The Balaban J connectivity index is 1.51. The quantitative estimate of drug-likeness (QED) is 0.299. The number of hydrogen-bond acceptors (Lipinski definition) is 8. The zero-order valence-electron chi connectivity index (χ0n) is 20.3. The van der Waals surface area contributed by atoms with Gasteiger partial charge in [-0.1, -0.05) is 25.1 Å². The number of fused-ring (bicyclic) bond motifs is 1. The number of nitrogens with one attached hydrogen (secondary N) is 1. The zero-order valence-corrected chi connectivity index (χ0v) is 21.1. The highest BCUT2D eigenvalue weighted by molar-refractivity contribution is 7.16. The zero-order chi connectivity index (χ0) is 26.0. The summed E-state index contributed by atoms with van der Waals surface area (Å²) in [7, 11) is 4.01. The van der Waals surface area contributed by atoms with E-state index >= 15 is 0 Å². The van der Waals surface area contributed by atoms with E-state index in [9.17, 15) is 25.4 Å². The number of thiophene rings is 1. The topological polar surface area (TPSA) is 126 Å². The molecule has 1 aromatic heterocycles. The number of aliphatic hydroxyl groups excluding tert-OH is 3. The Kier molecular flexibility index (Phi) is 7.73. The van der Waals surface area contributed by atoms with Crippen molar-refractivity contribution in [2.24, 2.45) is 0 Å². The molecule has 0 bridgehead atoms. The molecule has 9 heteroatoms. The summed E-state index contributed by atoms with van der Waals surface area (Å²) in [5, 5.41) is 44.9. The first-order valence-corrected chi connectivity index (χ1v) is 12.5. The fraction of sp³-hybridized carbons (Fsp3) is 0.333. The molecule has 0 spiro atoms. The van der Waals surface area contributed by atoms with Gasteiger partial charge in [-0.3, -0.25) is 4.79 Å². The van der Waals surface area contributed by atoms with Crippen molar-refractivity contribution in [3.63, 3.8) is 0 Å². The van der Waals surface area contributed by atoms with Gasteiger partial charge in [0.2, 0.25) is 0 Å². The van der Waals surface area contributed by atoms with Crippen LogP contribution in [0, 0.1) is 11.3 Å². The molecule has 2 aromatic carbocycles. The molecule has 0 radical (unpaired) electrons. The molecule has 3 aromatic rings. The van der Waals surface area contributed by atoms with Gasteiger partial charge < -0.3 is 30.3 Å². The third-order valence-corrected chi connectivity index (χ3v) is 7.40. The van der Waals surface area contributed by atoms with E-state index in [2.05, 4.69) is 40.5 Å². The molecule has 8 nitrogen and oxygen atoms in total. The number of aliphatic hydroxyl groups is 3. The predicted molar refractivity (Wildman–Crippen MR) is 140 cm³/mol. The number of rotatable bonds is 6. The average Bonchev–Trinajstić information content (AvgIpc) is 3.35. The van der Waals surface area contributed by atoms with Crippen LogP contribution in [0.4, 0.5) is 5.69 Å². The summed E-state index contributed by atoms with van der Waals surface area (Å²) in [6.07, 6.45) is -3.11. The molecular weight excluding hydrogens is 478 g/mol. The standard InChI is InChI=1S/C27H29N3O5S/c1-4-21-24(31)25(32)23(27(34)35-21)29-26(33)18(14-28)13-20-9-10-22(36-20)17-6-5-16-12-19(30(2)3)8-7-15(16)11-17/h5-13,21,23-25,27,31-32,34H,4H2,1-3H3,(H,29,33)/b18-13+/t21-,23-,24-,25-,27?/m1/s1. The molecule has 2 heterocycles. The summed E-state index contributed by atoms with van der Waals surface area (Å²) < 4.78 is 5.29. The van der Waals surface area contributed by atoms with Crippen molar-refractivity contribution in [3.8, 4) is 16.5 Å². The lowest BCUT2D eigenvalue weighted by Crippen LogP contribution is -2.63. The van der Waals surface area contributed by atoms with Crippen LogP contribution in [0.5, 0.6) is 0 Å². The molecule has 4 N–H and O–H groups in total. The maximum absolute atomic E-state index is 12.7. The highest BCUT2D eigenvalue weighted by atomic mass is 32.1. The fourth-order valence-corrected chi connectivity index (χ4v) is 5.16. The lowest BCUT2D eigenvalue weighted by Gasteiger charge is -2.40. The molecule has 188 valence electrons. The van der Waals surface area contributed by atoms with Crippen LogP contribution in [0.15, 0.2) is 54.1 Å². The Hall–Kier alpha value is -3.26. The minimum atomic E-state index is -1.51. The van der Waals surface area contributed by atoms with Crippen LogP contribution < -0.4 is 10.2 Å². The number of ether oxygens (including phenoxy) is 1. The molecule has 4 rings (SSSR count). The van der Waals surface area contributed by atoms with Crippen LogP contribution in [0.2, 0.25) is 0 Å². The molecule has 1 amide bonds. The van der Waals surface area contributed by atoms with Gasteiger partial charge in [-0.2, -0.15) is 5.26 Å². The second-order valence-corrected chi connectivity index (χ2v) is 10.1. The largest absolute Gasteiger partial charge is 0.388 e. The first-order chi connectivity index (χ1) is 17.2. The SMILES string of the molecule is CC[C@H]1OC(O)[C@H](NC(=O)/C(C#N)=C/c2ccc(-c3ccc4cc(N(C)C)ccc4c3)s2)[C@@H](O)[C@@H]1O. The van der Waals surface area contributed by atoms with Gasteiger partial charge in [0.15, 0.2) is 6.29 Å². The molecule has 1 fully saturated rings. The Labute approximate surface area is 213 Å². The molecule has 0 aliphatic carbocycles. The van der Waals surface area contributed by atoms with Crippen LogP contribution in [0.25, 0.3) is 27.3 Å². The molecule has 5 atom stereocenters. The van der Waals surface area contributed by atoms with Gasteiger partial charge in [0.25, 0.3) is 5.91 Å². The lowest BCUT2D eigenvalue weighted by molar-refractivity contribution is -0.247. The first-order valence-electron chi connectivity index (χ1n) is 11.7. The number of anilines is 1. The maximum atomic E-state index is 12.7. The van der Waals surface area contributed by atoms with E-state index < -0.39 is 36.6 Å². The van der Waals surface area contributed by atoms with Crippen molar-refractivity contribution in [2.45, 2.75) is 44.0 Å². The number of nitrogens with zero attached hydrogens (tertiary/aromatic N) is 2. The number of hydrogen-bond donors (Lipinski definition) is 4. The third-order valence-electron chi connectivity index (χ3n) is 6.32. The predicted octanol–water partition coefficient (Wildman–Crippen LogP) is 2.88. The molecule has 36 heavy (non-hydrogen) atoms. The summed E-state index contributed by atoms with van der Waals surface area (Å²) in [6, 6.07) is 16.9. The summed E-state index contributed by atoms with van der Waals surface area (Å²) in [4.78, 5) is 16.5. The normalized spacial score (nSPS) is 24.4. The number of nitriles is 1. The van der Waals surface area contributed by atoms with E-state index in [1.54, 1.807) is 6.92 Å². The molecule has 1 aliphatic heterocycles. The van der Waals surface area contributed by atoms with Gasteiger partial charge in [0.05, 0.1) is 6.10 Å². The van der Waals surface area contributed by atoms with Crippen molar-refractivity contribution >= 4 is 39.8 Å². The van der Waals surface area contributed by atoms with Gasteiger partial charge in [0, 0.05) is 29.5 Å². The van der Waals surface area contributed by atoms with Crippen LogP contribution >= 0.6 is 11.3 Å². The maximum Gasteiger partial charge on any atom is 0.262 e. The monoisotopic (exact) mass is 507 g/mol. The Morgan fingerprint density at radius 1 is 1.11 bits per heavy atom. The Morgan fingerprint density at radius 3 is 2.53 bits per heavy atom. The number of carbonyl (C=O) groups excluding carboxylic acids is 1. The highest BCUT2D eigenvalue weighted by Gasteiger charge is 2.44. The minimum Gasteiger partial charge on any atom is -0.388 e. The van der Waals surface area contributed by atoms with Crippen LogP contribution in [0.1, 0.15) is 18.2 Å². The molecule has 1 saturated heterocycles. The lowest BCUT2D eigenvalue weighted by atomic mass is 9.95. The molecule has 0 saturated carbocycles. The summed E-state index contributed by atoms with van der Waals surface area (Å²) in [5.41, 5.74) is 1.96.